The number of rotatable bonds is 2. The molecule has 1 heterocycles. The molecule has 1 saturated heterocycles. The summed E-state index contributed by atoms with van der Waals surface area (Å²) in [6, 6.07) is 15.4. The Morgan fingerprint density at radius 3 is 2.00 bits per heavy atom. The molecule has 0 bridgehead atoms. The first-order valence-electron chi connectivity index (χ1n) is 7.54. The molecule has 1 aliphatic heterocycles. The van der Waals surface area contributed by atoms with Crippen LogP contribution in [0.5, 0.6) is 5.75 Å². The van der Waals surface area contributed by atoms with Crippen LogP contribution in [0.4, 0.5) is 0 Å². The van der Waals surface area contributed by atoms with E-state index < -0.39 is 7.12 Å². The average molecular weight is 296 g/mol. The second-order valence-corrected chi connectivity index (χ2v) is 6.73. The molecule has 0 unspecified atom stereocenters. The van der Waals surface area contributed by atoms with Crippen LogP contribution in [0.15, 0.2) is 48.5 Å². The van der Waals surface area contributed by atoms with Gasteiger partial charge >= 0.3 is 7.12 Å². The lowest BCUT2D eigenvalue weighted by Crippen LogP contribution is -2.41. The second kappa shape index (κ2) is 5.15. The van der Waals surface area contributed by atoms with Crippen molar-refractivity contribution in [3.63, 3.8) is 0 Å². The molecule has 0 aromatic heterocycles. The van der Waals surface area contributed by atoms with Crippen LogP contribution in [-0.2, 0) is 9.31 Å². The summed E-state index contributed by atoms with van der Waals surface area (Å²) in [6.07, 6.45) is 0. The maximum atomic E-state index is 10.4. The smallest absolute Gasteiger partial charge is 0.494 e. The molecule has 0 amide bonds. The first kappa shape index (κ1) is 15.1. The maximum absolute atomic E-state index is 10.4. The molecule has 1 aliphatic rings. The molecule has 2 aromatic rings. The predicted octanol–water partition coefficient (Wildman–Crippen LogP) is 3.36. The number of benzene rings is 2. The lowest BCUT2D eigenvalue weighted by atomic mass is 9.78. The molecule has 3 nitrogen and oxygen atoms in total. The van der Waals surface area contributed by atoms with Crippen molar-refractivity contribution in [3.8, 4) is 16.9 Å². The zero-order valence-corrected chi connectivity index (χ0v) is 13.5. The fourth-order valence-electron chi connectivity index (χ4n) is 2.54. The van der Waals surface area contributed by atoms with Gasteiger partial charge in [0, 0.05) is 5.56 Å². The second-order valence-electron chi connectivity index (χ2n) is 6.73. The van der Waals surface area contributed by atoms with Gasteiger partial charge in [-0.2, -0.15) is 0 Å². The third-order valence-corrected chi connectivity index (χ3v) is 4.63. The Bertz CT molecular complexity index is 664. The van der Waals surface area contributed by atoms with Crippen LogP contribution in [0.3, 0.4) is 0 Å². The highest BCUT2D eigenvalue weighted by Gasteiger charge is 2.51. The van der Waals surface area contributed by atoms with Crippen molar-refractivity contribution >= 4 is 12.6 Å². The van der Waals surface area contributed by atoms with Gasteiger partial charge in [-0.15, -0.1) is 0 Å². The first-order chi connectivity index (χ1) is 10.3. The Kier molecular flexibility index (Phi) is 3.54. The molecule has 0 aliphatic carbocycles. The van der Waals surface area contributed by atoms with Crippen LogP contribution in [-0.4, -0.2) is 23.4 Å². The summed E-state index contributed by atoms with van der Waals surface area (Å²) in [5.74, 6) is 0.235. The van der Waals surface area contributed by atoms with Gasteiger partial charge in [0.25, 0.3) is 0 Å². The monoisotopic (exact) mass is 296 g/mol. The minimum atomic E-state index is -0.458. The van der Waals surface area contributed by atoms with Crippen molar-refractivity contribution in [2.75, 3.05) is 0 Å². The number of phenols is 1. The molecule has 0 spiro atoms. The molecule has 0 atom stereocenters. The molecule has 22 heavy (non-hydrogen) atoms. The molecular weight excluding hydrogens is 275 g/mol. The first-order valence-corrected chi connectivity index (χ1v) is 7.54. The Balaban J connectivity index is 1.91. The molecule has 0 radical (unpaired) electrons. The van der Waals surface area contributed by atoms with Crippen molar-refractivity contribution in [3.05, 3.63) is 48.5 Å². The van der Waals surface area contributed by atoms with Crippen molar-refractivity contribution in [1.29, 1.82) is 0 Å². The lowest BCUT2D eigenvalue weighted by Gasteiger charge is -2.32. The van der Waals surface area contributed by atoms with Gasteiger partial charge in [0.15, 0.2) is 0 Å². The standard InChI is InChI=1S/C18H21BO3/c1-17(2)18(3,4)22-19(21-17)14-10-11-15(16(20)12-14)13-8-6-5-7-9-13/h5-12,20H,1-4H3. The summed E-state index contributed by atoms with van der Waals surface area (Å²) in [6.45, 7) is 8.08. The number of hydrogen-bond donors (Lipinski definition) is 1. The Labute approximate surface area is 132 Å². The largest absolute Gasteiger partial charge is 0.507 e. The van der Waals surface area contributed by atoms with Gasteiger partial charge in [-0.3, -0.25) is 0 Å². The highest BCUT2D eigenvalue weighted by molar-refractivity contribution is 6.62. The molecule has 114 valence electrons. The topological polar surface area (TPSA) is 38.7 Å². The third kappa shape index (κ3) is 2.53. The summed E-state index contributed by atoms with van der Waals surface area (Å²) >= 11 is 0. The fourth-order valence-corrected chi connectivity index (χ4v) is 2.54. The SMILES string of the molecule is CC1(C)OB(c2ccc(-c3ccccc3)c(O)c2)OC1(C)C. The van der Waals surface area contributed by atoms with E-state index in [4.69, 9.17) is 9.31 Å². The van der Waals surface area contributed by atoms with Crippen molar-refractivity contribution in [2.24, 2.45) is 0 Å². The van der Waals surface area contributed by atoms with Crippen molar-refractivity contribution < 1.29 is 14.4 Å². The molecule has 0 saturated carbocycles. The van der Waals surface area contributed by atoms with Crippen LogP contribution in [0.25, 0.3) is 11.1 Å². The molecular formula is C18H21BO3. The number of hydrogen-bond acceptors (Lipinski definition) is 3. The van der Waals surface area contributed by atoms with E-state index in [-0.39, 0.29) is 17.0 Å². The van der Waals surface area contributed by atoms with Crippen LogP contribution in [0, 0.1) is 0 Å². The van der Waals surface area contributed by atoms with E-state index in [1.54, 1.807) is 6.07 Å². The summed E-state index contributed by atoms with van der Waals surface area (Å²) in [5, 5.41) is 10.4. The third-order valence-electron chi connectivity index (χ3n) is 4.63. The van der Waals surface area contributed by atoms with E-state index in [9.17, 15) is 5.11 Å². The van der Waals surface area contributed by atoms with Gasteiger partial charge in [-0.05, 0) is 44.8 Å². The zero-order valence-electron chi connectivity index (χ0n) is 13.5. The van der Waals surface area contributed by atoms with E-state index >= 15 is 0 Å². The highest BCUT2D eigenvalue weighted by atomic mass is 16.7. The average Bonchev–Trinajstić information content (AvgIpc) is 2.68. The van der Waals surface area contributed by atoms with Gasteiger partial charge in [0.1, 0.15) is 5.75 Å². The van der Waals surface area contributed by atoms with E-state index in [0.29, 0.717) is 0 Å². The van der Waals surface area contributed by atoms with E-state index in [1.807, 2.05) is 70.2 Å². The van der Waals surface area contributed by atoms with E-state index in [0.717, 1.165) is 16.6 Å². The fraction of sp³-hybridized carbons (Fsp3) is 0.333. The summed E-state index contributed by atoms with van der Waals surface area (Å²) in [5.41, 5.74) is 1.86. The van der Waals surface area contributed by atoms with Crippen LogP contribution in [0.2, 0.25) is 0 Å². The predicted molar refractivity (Wildman–Crippen MR) is 89.3 cm³/mol. The summed E-state index contributed by atoms with van der Waals surface area (Å²) in [4.78, 5) is 0. The van der Waals surface area contributed by atoms with Gasteiger partial charge in [0.05, 0.1) is 11.2 Å². The van der Waals surface area contributed by atoms with E-state index in [2.05, 4.69) is 0 Å². The lowest BCUT2D eigenvalue weighted by molar-refractivity contribution is 0.00578. The zero-order chi connectivity index (χ0) is 16.0. The summed E-state index contributed by atoms with van der Waals surface area (Å²) < 4.78 is 12.0. The molecule has 3 rings (SSSR count). The molecule has 1 N–H and O–H groups in total. The van der Waals surface area contributed by atoms with E-state index in [1.165, 1.54) is 0 Å². The number of aromatic hydroxyl groups is 1. The van der Waals surface area contributed by atoms with Crippen molar-refractivity contribution in [2.45, 2.75) is 38.9 Å². The maximum Gasteiger partial charge on any atom is 0.494 e. The van der Waals surface area contributed by atoms with Gasteiger partial charge < -0.3 is 14.4 Å². The minimum absolute atomic E-state index is 0.235. The van der Waals surface area contributed by atoms with Gasteiger partial charge in [-0.1, -0.05) is 42.5 Å². The quantitative estimate of drug-likeness (QED) is 0.864. The highest BCUT2D eigenvalue weighted by Crippen LogP contribution is 2.37. The van der Waals surface area contributed by atoms with Crippen molar-refractivity contribution in [1.82, 2.24) is 0 Å². The van der Waals surface area contributed by atoms with Crippen LogP contribution in [0.1, 0.15) is 27.7 Å². The normalized spacial score (nSPS) is 19.4. The van der Waals surface area contributed by atoms with Gasteiger partial charge in [-0.25, -0.2) is 0 Å². The Hall–Kier alpha value is -1.78. The van der Waals surface area contributed by atoms with Crippen LogP contribution < -0.4 is 5.46 Å². The van der Waals surface area contributed by atoms with Crippen LogP contribution >= 0.6 is 0 Å². The Morgan fingerprint density at radius 2 is 1.45 bits per heavy atom. The summed E-state index contributed by atoms with van der Waals surface area (Å²) in [7, 11) is -0.458. The molecule has 1 fully saturated rings. The molecule has 4 heteroatoms. The molecule has 2 aromatic carbocycles. The number of phenolic OH excluding ortho intramolecular Hbond substituents is 1. The van der Waals surface area contributed by atoms with Gasteiger partial charge in [0.2, 0.25) is 0 Å². The Morgan fingerprint density at radius 1 is 0.864 bits per heavy atom. The minimum Gasteiger partial charge on any atom is -0.507 e.